The second kappa shape index (κ2) is 12.2. The van der Waals surface area contributed by atoms with Crippen molar-refractivity contribution in [3.63, 3.8) is 0 Å². The summed E-state index contributed by atoms with van der Waals surface area (Å²) in [6.07, 6.45) is 5.24. The van der Waals surface area contributed by atoms with Gasteiger partial charge in [0.1, 0.15) is 5.75 Å². The fourth-order valence-corrected chi connectivity index (χ4v) is 4.03. The number of anilines is 4. The number of aromatic nitrogens is 2. The highest BCUT2D eigenvalue weighted by Gasteiger charge is 2.12. The van der Waals surface area contributed by atoms with Gasteiger partial charge in [0.05, 0.1) is 30.4 Å². The summed E-state index contributed by atoms with van der Waals surface area (Å²) in [5, 5.41) is 6.70. The van der Waals surface area contributed by atoms with Crippen LogP contribution in [0, 0.1) is 20.8 Å². The van der Waals surface area contributed by atoms with Crippen LogP contribution in [0.1, 0.15) is 55.5 Å². The third-order valence-corrected chi connectivity index (χ3v) is 6.05. The van der Waals surface area contributed by atoms with E-state index in [0.29, 0.717) is 5.95 Å². The van der Waals surface area contributed by atoms with E-state index in [9.17, 15) is 0 Å². The summed E-state index contributed by atoms with van der Waals surface area (Å²) in [5.74, 6) is 1.29. The number of hydrogen-bond donors (Lipinski definition) is 2. The third kappa shape index (κ3) is 6.75. The van der Waals surface area contributed by atoms with Gasteiger partial charge in [-0.15, -0.1) is 0 Å². The molecule has 6 heteroatoms. The molecule has 6 nitrogen and oxygen atoms in total. The number of aryl methyl sites for hydroxylation is 3. The van der Waals surface area contributed by atoms with Gasteiger partial charge in [-0.05, 0) is 57.4 Å². The second-order valence-electron chi connectivity index (χ2n) is 8.96. The van der Waals surface area contributed by atoms with E-state index in [1.165, 1.54) is 29.7 Å². The van der Waals surface area contributed by atoms with Crippen LogP contribution in [0.15, 0.2) is 49.2 Å². The first-order valence-corrected chi connectivity index (χ1v) is 12.4. The van der Waals surface area contributed by atoms with Crippen LogP contribution < -0.4 is 20.3 Å². The fourth-order valence-electron chi connectivity index (χ4n) is 4.03. The molecule has 0 amide bonds. The van der Waals surface area contributed by atoms with Crippen LogP contribution in [0.4, 0.5) is 23.0 Å². The summed E-state index contributed by atoms with van der Waals surface area (Å²) >= 11 is 0. The molecule has 0 atom stereocenters. The number of hydrogen-bond acceptors (Lipinski definition) is 6. The Kier molecular flexibility index (Phi) is 9.12. The van der Waals surface area contributed by atoms with Crippen LogP contribution in [-0.2, 0) is 0 Å². The molecule has 0 unspecified atom stereocenters. The molecule has 0 saturated heterocycles. The lowest BCUT2D eigenvalue weighted by Gasteiger charge is -2.25. The van der Waals surface area contributed by atoms with E-state index in [-0.39, 0.29) is 0 Å². The van der Waals surface area contributed by atoms with Crippen molar-refractivity contribution < 1.29 is 4.74 Å². The van der Waals surface area contributed by atoms with E-state index in [2.05, 4.69) is 90.1 Å². The van der Waals surface area contributed by atoms with Crippen LogP contribution in [0.5, 0.6) is 5.75 Å². The first kappa shape index (κ1) is 26.1. The summed E-state index contributed by atoms with van der Waals surface area (Å²) in [6.45, 7) is 16.9. The number of benzene rings is 2. The number of methoxy groups -OCH3 is 1. The number of nitrogens with zero attached hydrogens (tertiary/aromatic N) is 3. The maximum absolute atomic E-state index is 5.70. The molecular formula is C29H39N5O. The summed E-state index contributed by atoms with van der Waals surface area (Å²) in [5.41, 5.74) is 7.96. The maximum atomic E-state index is 5.70. The Balaban J connectivity index is 1.76. The van der Waals surface area contributed by atoms with Gasteiger partial charge in [0.2, 0.25) is 5.95 Å². The van der Waals surface area contributed by atoms with Gasteiger partial charge in [0.15, 0.2) is 0 Å². The molecule has 186 valence electrons. The predicted octanol–water partition coefficient (Wildman–Crippen LogP) is 7.25. The van der Waals surface area contributed by atoms with Gasteiger partial charge in [-0.1, -0.05) is 44.5 Å². The molecular weight excluding hydrogens is 434 g/mol. The number of nitrogens with one attached hydrogen (secondary N) is 2. The summed E-state index contributed by atoms with van der Waals surface area (Å²) in [6, 6.07) is 12.6. The fraction of sp³-hybridized carbons (Fsp3) is 0.379. The molecule has 0 radical (unpaired) electrons. The van der Waals surface area contributed by atoms with E-state index >= 15 is 0 Å². The predicted molar refractivity (Wildman–Crippen MR) is 149 cm³/mol. The highest BCUT2D eigenvalue weighted by molar-refractivity contribution is 5.78. The van der Waals surface area contributed by atoms with Crippen molar-refractivity contribution in [3.05, 3.63) is 71.6 Å². The highest BCUT2D eigenvalue weighted by atomic mass is 16.5. The third-order valence-electron chi connectivity index (χ3n) is 6.05. The minimum absolute atomic E-state index is 0.521. The van der Waals surface area contributed by atoms with Crippen molar-refractivity contribution in [2.75, 3.05) is 35.7 Å². The smallest absolute Gasteiger partial charge is 0.227 e. The lowest BCUT2D eigenvalue weighted by molar-refractivity contribution is 0.416. The molecule has 0 fully saturated rings. The molecule has 0 aliphatic heterocycles. The van der Waals surface area contributed by atoms with Gasteiger partial charge in [0.25, 0.3) is 0 Å². The zero-order valence-electron chi connectivity index (χ0n) is 22.0. The first-order chi connectivity index (χ1) is 16.9. The van der Waals surface area contributed by atoms with Gasteiger partial charge in [-0.2, -0.15) is 0 Å². The highest BCUT2D eigenvalue weighted by Crippen LogP contribution is 2.32. The van der Waals surface area contributed by atoms with Crippen molar-refractivity contribution in [1.29, 1.82) is 0 Å². The number of unbranched alkanes of at least 4 members (excludes halogenated alkanes) is 1. The molecule has 2 N–H and O–H groups in total. The standard InChI is InChI=1S/C29H39N5O/c1-8-10-16-34(15-9-2)24-13-14-26(28(18-24)35-7)33-29-30-19-27(23(6)32-29)31-22(5)25-17-20(3)11-12-21(25)4/h11-14,17-19,31H,5,8-10,15-16H2,1-4,6-7H3,(H,30,32,33). The van der Waals surface area contributed by atoms with E-state index in [1.807, 2.05) is 13.0 Å². The molecule has 35 heavy (non-hydrogen) atoms. The van der Waals surface area contributed by atoms with Gasteiger partial charge in [0, 0.05) is 36.1 Å². The molecule has 1 aromatic heterocycles. The summed E-state index contributed by atoms with van der Waals surface area (Å²) in [4.78, 5) is 11.6. The maximum Gasteiger partial charge on any atom is 0.227 e. The molecule has 0 saturated carbocycles. The van der Waals surface area contributed by atoms with Crippen LogP contribution in [-0.4, -0.2) is 30.2 Å². The molecule has 3 aromatic rings. The first-order valence-electron chi connectivity index (χ1n) is 12.4. The molecule has 3 rings (SSSR count). The quantitative estimate of drug-likeness (QED) is 0.289. The van der Waals surface area contributed by atoms with Gasteiger partial charge in [-0.25, -0.2) is 9.97 Å². The van der Waals surface area contributed by atoms with E-state index in [0.717, 1.165) is 53.6 Å². The molecule has 1 heterocycles. The molecule has 0 bridgehead atoms. The van der Waals surface area contributed by atoms with Crippen molar-refractivity contribution in [2.24, 2.45) is 0 Å². The molecule has 0 aliphatic carbocycles. The minimum atomic E-state index is 0.521. The Hall–Kier alpha value is -3.54. The van der Waals surface area contributed by atoms with Crippen molar-refractivity contribution >= 4 is 28.7 Å². The van der Waals surface area contributed by atoms with Crippen molar-refractivity contribution in [1.82, 2.24) is 9.97 Å². The Morgan fingerprint density at radius 2 is 1.80 bits per heavy atom. The minimum Gasteiger partial charge on any atom is -0.494 e. The average Bonchev–Trinajstić information content (AvgIpc) is 2.85. The van der Waals surface area contributed by atoms with E-state index in [1.54, 1.807) is 13.3 Å². The Morgan fingerprint density at radius 3 is 2.49 bits per heavy atom. The topological polar surface area (TPSA) is 62.3 Å². The lowest BCUT2D eigenvalue weighted by atomic mass is 10.0. The van der Waals surface area contributed by atoms with Gasteiger partial charge >= 0.3 is 0 Å². The second-order valence-corrected chi connectivity index (χ2v) is 8.96. The van der Waals surface area contributed by atoms with Crippen LogP contribution in [0.25, 0.3) is 5.70 Å². The Labute approximate surface area is 210 Å². The van der Waals surface area contributed by atoms with E-state index < -0.39 is 0 Å². The Bertz CT molecular complexity index is 1160. The van der Waals surface area contributed by atoms with Crippen LogP contribution in [0.2, 0.25) is 0 Å². The average molecular weight is 474 g/mol. The molecule has 2 aromatic carbocycles. The van der Waals surface area contributed by atoms with Gasteiger partial charge in [-0.3, -0.25) is 0 Å². The molecule has 0 aliphatic rings. The Morgan fingerprint density at radius 1 is 1.00 bits per heavy atom. The van der Waals surface area contributed by atoms with Crippen molar-refractivity contribution in [2.45, 2.75) is 53.9 Å². The lowest BCUT2D eigenvalue weighted by Crippen LogP contribution is -2.25. The zero-order valence-corrected chi connectivity index (χ0v) is 22.0. The van der Waals surface area contributed by atoms with E-state index in [4.69, 9.17) is 4.74 Å². The van der Waals surface area contributed by atoms with Crippen LogP contribution in [0.3, 0.4) is 0 Å². The van der Waals surface area contributed by atoms with Crippen molar-refractivity contribution in [3.8, 4) is 5.75 Å². The van der Waals surface area contributed by atoms with Gasteiger partial charge < -0.3 is 20.3 Å². The van der Waals surface area contributed by atoms with Crippen LogP contribution >= 0.6 is 0 Å². The zero-order chi connectivity index (χ0) is 25.4. The number of rotatable bonds is 12. The SMILES string of the molecule is C=C(Nc1cnc(Nc2ccc(N(CCC)CCCC)cc2OC)nc1C)c1cc(C)ccc1C. The summed E-state index contributed by atoms with van der Waals surface area (Å²) < 4.78 is 5.70. The largest absolute Gasteiger partial charge is 0.494 e. The molecule has 0 spiro atoms. The number of ether oxygens (including phenoxy) is 1. The monoisotopic (exact) mass is 473 g/mol. The normalized spacial score (nSPS) is 10.7. The summed E-state index contributed by atoms with van der Waals surface area (Å²) in [7, 11) is 1.69.